The molecule has 8 nitrogen and oxygen atoms in total. The fraction of sp³-hybridized carbons (Fsp3) is 0.235. The number of halogens is 1. The zero-order chi connectivity index (χ0) is 19.4. The lowest BCUT2D eigenvalue weighted by Gasteiger charge is -2.16. The number of hydrogen-bond donors (Lipinski definition) is 4. The van der Waals surface area contributed by atoms with Crippen molar-refractivity contribution in [3.8, 4) is 16.9 Å². The number of carboxylic acid groups (broad SMARTS) is 2. The number of ether oxygens (including phenoxy) is 1. The number of anilines is 1. The minimum atomic E-state index is -1.67. The van der Waals surface area contributed by atoms with Gasteiger partial charge in [0, 0.05) is 11.1 Å². The first-order chi connectivity index (χ1) is 12.3. The quantitative estimate of drug-likeness (QED) is 0.552. The summed E-state index contributed by atoms with van der Waals surface area (Å²) in [6.45, 7) is 2.18. The van der Waals surface area contributed by atoms with E-state index in [1.54, 1.807) is 0 Å². The van der Waals surface area contributed by atoms with E-state index in [4.69, 9.17) is 10.5 Å². The van der Waals surface area contributed by atoms with E-state index in [1.807, 2.05) is 11.9 Å². The Morgan fingerprint density at radius 2 is 1.88 bits per heavy atom. The summed E-state index contributed by atoms with van der Waals surface area (Å²) >= 11 is 0. The van der Waals surface area contributed by atoms with Crippen LogP contribution in [0.5, 0.6) is 5.75 Å². The molecule has 0 saturated carbocycles. The lowest BCUT2D eigenvalue weighted by Crippen LogP contribution is -2.24. The number of carbonyl (C=O) groups is 2. The van der Waals surface area contributed by atoms with Crippen molar-refractivity contribution in [3.05, 3.63) is 45.5 Å². The summed E-state index contributed by atoms with van der Waals surface area (Å²) < 4.78 is 19.4. The fourth-order valence-electron chi connectivity index (χ4n) is 2.47. The van der Waals surface area contributed by atoms with E-state index >= 15 is 0 Å². The van der Waals surface area contributed by atoms with Gasteiger partial charge in [0.15, 0.2) is 0 Å². The van der Waals surface area contributed by atoms with Crippen molar-refractivity contribution in [1.82, 2.24) is 4.98 Å². The first-order valence-corrected chi connectivity index (χ1v) is 7.73. The van der Waals surface area contributed by atoms with E-state index in [1.165, 1.54) is 6.07 Å². The minimum absolute atomic E-state index is 0.0508. The number of carboxylic acids is 2. The average Bonchev–Trinajstić information content (AvgIpc) is 2.54. The number of aromatic amines is 1. The van der Waals surface area contributed by atoms with Gasteiger partial charge in [0.2, 0.25) is 0 Å². The van der Waals surface area contributed by atoms with Crippen molar-refractivity contribution in [1.29, 1.82) is 0 Å². The molecule has 0 amide bonds. The van der Waals surface area contributed by atoms with Crippen LogP contribution in [-0.4, -0.2) is 33.7 Å². The minimum Gasteiger partial charge on any atom is -0.493 e. The monoisotopic (exact) mass is 364 g/mol. The summed E-state index contributed by atoms with van der Waals surface area (Å²) in [5, 5.41) is 18.8. The smallest absolute Gasteiger partial charge is 0.342 e. The normalized spacial score (nSPS) is 10.5. The maximum absolute atomic E-state index is 13.8. The third-order valence-corrected chi connectivity index (χ3v) is 3.64. The Morgan fingerprint density at radius 1 is 1.23 bits per heavy atom. The number of benzene rings is 1. The highest BCUT2D eigenvalue weighted by Crippen LogP contribution is 2.36. The van der Waals surface area contributed by atoms with Gasteiger partial charge < -0.3 is 25.7 Å². The van der Waals surface area contributed by atoms with Crippen LogP contribution in [0.3, 0.4) is 0 Å². The summed E-state index contributed by atoms with van der Waals surface area (Å²) in [4.78, 5) is 37.3. The fourth-order valence-corrected chi connectivity index (χ4v) is 2.47. The maximum atomic E-state index is 13.8. The summed E-state index contributed by atoms with van der Waals surface area (Å²) in [6.07, 6.45) is 1.49. The molecule has 0 spiro atoms. The molecule has 1 aromatic heterocycles. The zero-order valence-corrected chi connectivity index (χ0v) is 13.8. The molecular formula is C17H17FN2O6. The number of nitrogen functional groups attached to an aromatic ring is 1. The molecule has 0 atom stereocenters. The van der Waals surface area contributed by atoms with Crippen LogP contribution < -0.4 is 16.0 Å². The first-order valence-electron chi connectivity index (χ1n) is 7.73. The lowest BCUT2D eigenvalue weighted by atomic mass is 9.94. The number of aromatic carboxylic acids is 2. The maximum Gasteiger partial charge on any atom is 0.342 e. The van der Waals surface area contributed by atoms with Crippen LogP contribution in [0.1, 0.15) is 40.5 Å². The van der Waals surface area contributed by atoms with Crippen LogP contribution in [0.2, 0.25) is 0 Å². The first kappa shape index (κ1) is 19.0. The Morgan fingerprint density at radius 3 is 2.46 bits per heavy atom. The number of aromatic nitrogens is 1. The van der Waals surface area contributed by atoms with Gasteiger partial charge in [-0.25, -0.2) is 14.0 Å². The molecule has 0 aliphatic rings. The number of hydrogen-bond acceptors (Lipinski definition) is 5. The second kappa shape index (κ2) is 7.68. The van der Waals surface area contributed by atoms with Gasteiger partial charge in [-0.15, -0.1) is 0 Å². The number of rotatable bonds is 7. The van der Waals surface area contributed by atoms with E-state index in [2.05, 4.69) is 0 Å². The molecule has 1 aromatic carbocycles. The second-order valence-electron chi connectivity index (χ2n) is 5.45. The predicted octanol–water partition coefficient (Wildman–Crippen LogP) is 2.34. The summed E-state index contributed by atoms with van der Waals surface area (Å²) in [7, 11) is 0. The highest BCUT2D eigenvalue weighted by molar-refractivity contribution is 6.08. The van der Waals surface area contributed by atoms with E-state index in [-0.39, 0.29) is 17.9 Å². The molecule has 0 unspecified atom stereocenters. The second-order valence-corrected chi connectivity index (χ2v) is 5.45. The van der Waals surface area contributed by atoms with Crippen LogP contribution in [0, 0.1) is 5.82 Å². The molecule has 1 heterocycles. The van der Waals surface area contributed by atoms with Gasteiger partial charge in [0.05, 0.1) is 6.61 Å². The summed E-state index contributed by atoms with van der Waals surface area (Å²) in [6, 6.07) is 3.24. The topological polar surface area (TPSA) is 143 Å². The third kappa shape index (κ3) is 3.66. The van der Waals surface area contributed by atoms with Crippen molar-refractivity contribution >= 4 is 17.8 Å². The molecule has 0 saturated heterocycles. The molecule has 5 N–H and O–H groups in total. The van der Waals surface area contributed by atoms with Crippen molar-refractivity contribution < 1.29 is 28.9 Å². The third-order valence-electron chi connectivity index (χ3n) is 3.64. The Labute approximate surface area is 147 Å². The van der Waals surface area contributed by atoms with Crippen LogP contribution in [0.4, 0.5) is 10.2 Å². The lowest BCUT2D eigenvalue weighted by molar-refractivity contribution is 0.0695. The summed E-state index contributed by atoms with van der Waals surface area (Å²) in [5.74, 6) is -4.48. The van der Waals surface area contributed by atoms with Crippen molar-refractivity contribution in [2.45, 2.75) is 19.8 Å². The molecule has 2 rings (SSSR count). The van der Waals surface area contributed by atoms with Crippen molar-refractivity contribution in [3.63, 3.8) is 0 Å². The number of unbranched alkanes of at least 4 members (excludes halogenated alkanes) is 1. The molecule has 2 aromatic rings. The number of nitrogens with two attached hydrogens (primary N) is 1. The predicted molar refractivity (Wildman–Crippen MR) is 91.2 cm³/mol. The Hall–Kier alpha value is -3.36. The van der Waals surface area contributed by atoms with Gasteiger partial charge in [-0.05, 0) is 24.6 Å². The molecule has 138 valence electrons. The van der Waals surface area contributed by atoms with Crippen LogP contribution in [0.15, 0.2) is 23.0 Å². The van der Waals surface area contributed by atoms with Gasteiger partial charge in [-0.1, -0.05) is 13.3 Å². The van der Waals surface area contributed by atoms with Gasteiger partial charge in [0.1, 0.15) is 28.5 Å². The number of pyridine rings is 1. The Balaban J connectivity index is 2.86. The SMILES string of the molecule is CCCCOc1ccc(F)cc1-c1c(C(=O)O)c(N)[nH]c(=O)c1C(=O)O. The molecule has 0 aliphatic carbocycles. The standard InChI is InChI=1S/C17H17FN2O6/c1-2-3-6-26-10-5-4-8(18)7-9(10)11-12(16(22)23)14(19)20-15(21)13(11)17(24)25/h4-5,7H,2-3,6H2,1H3,(H,22,23)(H,24,25)(H3,19,20,21). The van der Waals surface area contributed by atoms with Crippen LogP contribution in [-0.2, 0) is 0 Å². The Kier molecular flexibility index (Phi) is 5.61. The molecule has 0 bridgehead atoms. The largest absolute Gasteiger partial charge is 0.493 e. The number of H-pyrrole nitrogens is 1. The van der Waals surface area contributed by atoms with E-state index in [9.17, 15) is 29.0 Å². The highest BCUT2D eigenvalue weighted by Gasteiger charge is 2.28. The van der Waals surface area contributed by atoms with Gasteiger partial charge in [0.25, 0.3) is 5.56 Å². The molecule has 0 radical (unpaired) electrons. The summed E-state index contributed by atoms with van der Waals surface area (Å²) in [5.41, 5.74) is 2.30. The zero-order valence-electron chi connectivity index (χ0n) is 13.8. The van der Waals surface area contributed by atoms with E-state index in [0.29, 0.717) is 6.42 Å². The number of nitrogens with one attached hydrogen (secondary N) is 1. The van der Waals surface area contributed by atoms with Crippen molar-refractivity contribution in [2.24, 2.45) is 0 Å². The highest BCUT2D eigenvalue weighted by atomic mass is 19.1. The average molecular weight is 364 g/mol. The van der Waals surface area contributed by atoms with Crippen LogP contribution >= 0.6 is 0 Å². The molecular weight excluding hydrogens is 347 g/mol. The molecule has 26 heavy (non-hydrogen) atoms. The van der Waals surface area contributed by atoms with E-state index < -0.39 is 45.8 Å². The van der Waals surface area contributed by atoms with Gasteiger partial charge in [-0.3, -0.25) is 4.79 Å². The van der Waals surface area contributed by atoms with Gasteiger partial charge >= 0.3 is 11.9 Å². The molecule has 0 fully saturated rings. The van der Waals surface area contributed by atoms with Gasteiger partial charge in [-0.2, -0.15) is 0 Å². The molecule has 9 heteroatoms. The van der Waals surface area contributed by atoms with Crippen molar-refractivity contribution in [2.75, 3.05) is 12.3 Å². The van der Waals surface area contributed by atoms with E-state index in [0.717, 1.165) is 18.6 Å². The Bertz CT molecular complexity index is 922. The molecule has 0 aliphatic heterocycles. The van der Waals surface area contributed by atoms with Crippen LogP contribution in [0.25, 0.3) is 11.1 Å².